The average molecular weight is 211 g/mol. The number of aromatic nitrogens is 1. The molecule has 1 fully saturated rings. The van der Waals surface area contributed by atoms with E-state index in [0.717, 1.165) is 5.69 Å². The summed E-state index contributed by atoms with van der Waals surface area (Å²) in [5, 5.41) is 1.96. The number of likely N-dealkylation sites (tertiary alicyclic amines) is 1. The quantitative estimate of drug-likeness (QED) is 0.785. The summed E-state index contributed by atoms with van der Waals surface area (Å²) in [5.74, 6) is 0.137. The highest BCUT2D eigenvalue weighted by Gasteiger charge is 2.38. The molecule has 1 aliphatic rings. The van der Waals surface area contributed by atoms with Crippen LogP contribution in [0.15, 0.2) is 10.9 Å². The van der Waals surface area contributed by atoms with Gasteiger partial charge in [0.15, 0.2) is 0 Å². The van der Waals surface area contributed by atoms with E-state index in [4.69, 9.17) is 5.73 Å². The van der Waals surface area contributed by atoms with Gasteiger partial charge >= 0.3 is 0 Å². The summed E-state index contributed by atoms with van der Waals surface area (Å²) in [4.78, 5) is 17.6. The van der Waals surface area contributed by atoms with Gasteiger partial charge in [0.1, 0.15) is 0 Å². The van der Waals surface area contributed by atoms with Crippen molar-refractivity contribution in [2.75, 3.05) is 6.54 Å². The second-order valence-corrected chi connectivity index (χ2v) is 4.12. The summed E-state index contributed by atoms with van der Waals surface area (Å²) in [5.41, 5.74) is 8.63. The Morgan fingerprint density at radius 2 is 2.57 bits per heavy atom. The van der Waals surface area contributed by atoms with Gasteiger partial charge in [0.25, 0.3) is 0 Å². The first-order valence-electron chi connectivity index (χ1n) is 4.67. The van der Waals surface area contributed by atoms with Crippen molar-refractivity contribution in [1.82, 2.24) is 9.88 Å². The lowest BCUT2D eigenvalue weighted by Gasteiger charge is -2.23. The largest absolute Gasteiger partial charge is 0.333 e. The fourth-order valence-electron chi connectivity index (χ4n) is 1.94. The number of nitrogens with zero attached hydrogens (tertiary/aromatic N) is 2. The fourth-order valence-corrected chi connectivity index (χ4v) is 2.52. The van der Waals surface area contributed by atoms with Crippen molar-refractivity contribution in [2.24, 2.45) is 5.73 Å². The third-order valence-corrected chi connectivity index (χ3v) is 3.17. The van der Waals surface area contributed by atoms with E-state index in [2.05, 4.69) is 4.98 Å². The highest BCUT2D eigenvalue weighted by atomic mass is 32.1. The molecule has 2 heterocycles. The van der Waals surface area contributed by atoms with E-state index in [1.807, 2.05) is 12.3 Å². The molecule has 0 saturated carbocycles. The number of carbonyl (C=O) groups excluding carboxylic acids is 1. The molecule has 0 aromatic carbocycles. The van der Waals surface area contributed by atoms with E-state index in [1.165, 1.54) is 11.3 Å². The number of hydrogen-bond acceptors (Lipinski definition) is 4. The van der Waals surface area contributed by atoms with Crippen LogP contribution in [-0.4, -0.2) is 28.4 Å². The number of nitrogens with two attached hydrogens (primary N) is 1. The van der Waals surface area contributed by atoms with Gasteiger partial charge in [0.05, 0.1) is 17.2 Å². The van der Waals surface area contributed by atoms with Gasteiger partial charge in [-0.05, 0) is 6.92 Å². The molecule has 2 rings (SSSR count). The Balaban J connectivity index is 2.28. The summed E-state index contributed by atoms with van der Waals surface area (Å²) in [6, 6.07) is -0.122. The zero-order valence-corrected chi connectivity index (χ0v) is 8.83. The van der Waals surface area contributed by atoms with Gasteiger partial charge in [-0.25, -0.2) is 4.98 Å². The van der Waals surface area contributed by atoms with Gasteiger partial charge in [-0.1, -0.05) is 0 Å². The molecule has 1 saturated heterocycles. The lowest BCUT2D eigenvalue weighted by Crippen LogP contribution is -2.33. The van der Waals surface area contributed by atoms with Crippen LogP contribution in [0.3, 0.4) is 0 Å². The van der Waals surface area contributed by atoms with Crippen molar-refractivity contribution in [3.63, 3.8) is 0 Å². The third-order valence-electron chi connectivity index (χ3n) is 2.57. The smallest absolute Gasteiger partial charge is 0.224 e. The van der Waals surface area contributed by atoms with Crippen molar-refractivity contribution >= 4 is 17.2 Å². The lowest BCUT2D eigenvalue weighted by atomic mass is 10.1. The third kappa shape index (κ3) is 1.42. The van der Waals surface area contributed by atoms with Crippen LogP contribution in [0.25, 0.3) is 0 Å². The van der Waals surface area contributed by atoms with Crippen LogP contribution < -0.4 is 5.73 Å². The Morgan fingerprint density at radius 3 is 3.14 bits per heavy atom. The van der Waals surface area contributed by atoms with Crippen molar-refractivity contribution < 1.29 is 4.79 Å². The first-order chi connectivity index (χ1) is 6.74. The predicted molar refractivity (Wildman–Crippen MR) is 54.8 cm³/mol. The second kappa shape index (κ2) is 3.67. The van der Waals surface area contributed by atoms with Gasteiger partial charge in [-0.15, -0.1) is 11.3 Å². The first-order valence-corrected chi connectivity index (χ1v) is 5.61. The molecular weight excluding hydrogens is 198 g/mol. The van der Waals surface area contributed by atoms with Crippen LogP contribution in [0.4, 0.5) is 0 Å². The van der Waals surface area contributed by atoms with Gasteiger partial charge in [-0.3, -0.25) is 4.79 Å². The van der Waals surface area contributed by atoms with Crippen LogP contribution >= 0.6 is 11.3 Å². The van der Waals surface area contributed by atoms with Crippen LogP contribution in [0.1, 0.15) is 25.1 Å². The van der Waals surface area contributed by atoms with Gasteiger partial charge in [0.2, 0.25) is 5.91 Å². The van der Waals surface area contributed by atoms with Crippen molar-refractivity contribution in [2.45, 2.75) is 25.4 Å². The minimum atomic E-state index is -0.107. The minimum Gasteiger partial charge on any atom is -0.333 e. The lowest BCUT2D eigenvalue weighted by molar-refractivity contribution is -0.128. The van der Waals surface area contributed by atoms with E-state index in [0.29, 0.717) is 13.0 Å². The molecule has 2 N–H and O–H groups in total. The number of hydrogen-bond donors (Lipinski definition) is 1. The average Bonchev–Trinajstić information content (AvgIpc) is 2.72. The highest BCUT2D eigenvalue weighted by molar-refractivity contribution is 7.07. The molecule has 0 radical (unpaired) electrons. The molecule has 4 nitrogen and oxygen atoms in total. The molecule has 1 aromatic rings. The maximum absolute atomic E-state index is 11.5. The molecule has 14 heavy (non-hydrogen) atoms. The van der Waals surface area contributed by atoms with E-state index >= 15 is 0 Å². The maximum atomic E-state index is 11.5. The molecule has 0 spiro atoms. The number of carbonyl (C=O) groups is 1. The second-order valence-electron chi connectivity index (χ2n) is 3.41. The number of rotatable bonds is 2. The number of thiazole rings is 1. The Bertz CT molecular complexity index is 325. The minimum absolute atomic E-state index is 0.0150. The molecule has 5 heteroatoms. The fraction of sp³-hybridized carbons (Fsp3) is 0.556. The van der Waals surface area contributed by atoms with E-state index in [1.54, 1.807) is 10.4 Å². The Kier molecular flexibility index (Phi) is 2.52. The molecule has 1 amide bonds. The Hall–Kier alpha value is -0.940. The molecule has 0 aliphatic carbocycles. The zero-order valence-electron chi connectivity index (χ0n) is 8.01. The normalized spacial score (nSPS) is 27.3. The van der Waals surface area contributed by atoms with Crippen LogP contribution in [0.2, 0.25) is 0 Å². The molecule has 76 valence electrons. The summed E-state index contributed by atoms with van der Waals surface area (Å²) in [6.07, 6.45) is 0.441. The van der Waals surface area contributed by atoms with Gasteiger partial charge < -0.3 is 10.6 Å². The SMILES string of the molecule is CCN1C(=O)C[C@H](N)[C@H]1c1cscn1. The summed E-state index contributed by atoms with van der Waals surface area (Å²) < 4.78 is 0. The molecule has 1 aliphatic heterocycles. The monoisotopic (exact) mass is 211 g/mol. The van der Waals surface area contributed by atoms with Crippen LogP contribution in [0.5, 0.6) is 0 Å². The van der Waals surface area contributed by atoms with Crippen molar-refractivity contribution in [1.29, 1.82) is 0 Å². The molecule has 0 unspecified atom stereocenters. The maximum Gasteiger partial charge on any atom is 0.224 e. The van der Waals surface area contributed by atoms with Gasteiger partial charge in [0, 0.05) is 24.4 Å². The summed E-state index contributed by atoms with van der Waals surface area (Å²) in [7, 11) is 0. The Labute approximate surface area is 86.7 Å². The molecule has 0 bridgehead atoms. The first kappa shape index (κ1) is 9.61. The van der Waals surface area contributed by atoms with Crippen molar-refractivity contribution in [3.8, 4) is 0 Å². The topological polar surface area (TPSA) is 59.2 Å². The van der Waals surface area contributed by atoms with E-state index in [9.17, 15) is 4.79 Å². The summed E-state index contributed by atoms with van der Waals surface area (Å²) in [6.45, 7) is 2.67. The summed E-state index contributed by atoms with van der Waals surface area (Å²) >= 11 is 1.54. The number of likely N-dealkylation sites (N-methyl/N-ethyl adjacent to an activating group) is 1. The zero-order chi connectivity index (χ0) is 10.1. The van der Waals surface area contributed by atoms with Gasteiger partial charge in [-0.2, -0.15) is 0 Å². The predicted octanol–water partition coefficient (Wildman–Crippen LogP) is 0.764. The highest BCUT2D eigenvalue weighted by Crippen LogP contribution is 2.31. The van der Waals surface area contributed by atoms with Crippen LogP contribution in [-0.2, 0) is 4.79 Å². The Morgan fingerprint density at radius 1 is 1.79 bits per heavy atom. The number of amides is 1. The molecular formula is C9H13N3OS. The molecule has 1 aromatic heterocycles. The van der Waals surface area contributed by atoms with Crippen molar-refractivity contribution in [3.05, 3.63) is 16.6 Å². The molecule has 2 atom stereocenters. The van der Waals surface area contributed by atoms with E-state index < -0.39 is 0 Å². The standard InChI is InChI=1S/C9H13N3OS/c1-2-12-8(13)3-6(10)9(12)7-4-14-5-11-7/h4-6,9H,2-3,10H2,1H3/t6-,9-/m0/s1. The van der Waals surface area contributed by atoms with E-state index in [-0.39, 0.29) is 18.0 Å². The van der Waals surface area contributed by atoms with Crippen LogP contribution in [0, 0.1) is 0 Å².